The van der Waals surface area contributed by atoms with Crippen LogP contribution in [-0.2, 0) is 24.0 Å². The van der Waals surface area contributed by atoms with Crippen LogP contribution in [0.15, 0.2) is 34.8 Å². The van der Waals surface area contributed by atoms with Crippen LogP contribution in [0, 0.1) is 11.6 Å². The van der Waals surface area contributed by atoms with E-state index in [-0.39, 0.29) is 19.0 Å². The number of hydrogen-bond acceptors (Lipinski definition) is 4. The highest BCUT2D eigenvalue weighted by Gasteiger charge is 2.28. The number of amides is 1. The Bertz CT molecular complexity index is 1020. The number of hydrogen-bond donors (Lipinski definition) is 3. The maximum atomic E-state index is 13.8. The van der Waals surface area contributed by atoms with Gasteiger partial charge < -0.3 is 20.5 Å². The van der Waals surface area contributed by atoms with Crippen molar-refractivity contribution in [2.45, 2.75) is 83.6 Å². The summed E-state index contributed by atoms with van der Waals surface area (Å²) in [5, 5.41) is 17.2. The third-order valence-electron chi connectivity index (χ3n) is 6.11. The Morgan fingerprint density at radius 2 is 1.86 bits per heavy atom. The fraction of sp³-hybridized carbons (Fsp3) is 0.519. The third kappa shape index (κ3) is 7.98. The fourth-order valence-corrected chi connectivity index (χ4v) is 5.20. The summed E-state index contributed by atoms with van der Waals surface area (Å²) in [6, 6.07) is 6.83. The molecule has 0 heterocycles. The molecule has 1 aliphatic carbocycles. The molecule has 0 saturated carbocycles. The van der Waals surface area contributed by atoms with E-state index in [9.17, 15) is 18.7 Å². The normalized spacial score (nSPS) is 17.4. The van der Waals surface area contributed by atoms with Gasteiger partial charge in [-0.05, 0) is 93.3 Å². The minimum atomic E-state index is -1.02. The molecule has 3 rings (SSSR count). The van der Waals surface area contributed by atoms with E-state index in [2.05, 4.69) is 45.6 Å². The van der Waals surface area contributed by atoms with E-state index in [4.69, 9.17) is 4.74 Å². The van der Waals surface area contributed by atoms with Crippen molar-refractivity contribution in [3.8, 4) is 0 Å². The first-order valence-corrected chi connectivity index (χ1v) is 12.9. The van der Waals surface area contributed by atoms with E-state index in [1.165, 1.54) is 28.8 Å². The molecule has 35 heavy (non-hydrogen) atoms. The quantitative estimate of drug-likeness (QED) is 0.389. The summed E-state index contributed by atoms with van der Waals surface area (Å²) in [7, 11) is 0. The summed E-state index contributed by atoms with van der Waals surface area (Å²) >= 11 is 3.70. The minimum Gasteiger partial charge on any atom is -0.444 e. The highest BCUT2D eigenvalue weighted by Crippen LogP contribution is 2.35. The Morgan fingerprint density at radius 1 is 1.17 bits per heavy atom. The fourth-order valence-electron chi connectivity index (χ4n) is 4.48. The van der Waals surface area contributed by atoms with E-state index >= 15 is 0 Å². The number of ether oxygens (including phenoxy) is 1. The second kappa shape index (κ2) is 11.8. The van der Waals surface area contributed by atoms with Crippen molar-refractivity contribution in [1.29, 1.82) is 0 Å². The molecular weight excluding hydrogens is 518 g/mol. The third-order valence-corrected chi connectivity index (χ3v) is 6.82. The Kier molecular flexibility index (Phi) is 9.29. The molecule has 3 N–H and O–H groups in total. The highest BCUT2D eigenvalue weighted by atomic mass is 79.9. The number of rotatable bonds is 8. The molecule has 5 nitrogen and oxygen atoms in total. The molecule has 3 unspecified atom stereocenters. The number of nitrogens with one attached hydrogen (secondary N) is 2. The van der Waals surface area contributed by atoms with Crippen LogP contribution in [0.25, 0.3) is 0 Å². The van der Waals surface area contributed by atoms with Gasteiger partial charge in [0.25, 0.3) is 0 Å². The molecule has 3 atom stereocenters. The van der Waals surface area contributed by atoms with Crippen LogP contribution >= 0.6 is 15.9 Å². The number of carbonyl (C=O) groups is 1. The van der Waals surface area contributed by atoms with Crippen LogP contribution in [0.3, 0.4) is 0 Å². The molecule has 8 heteroatoms. The highest BCUT2D eigenvalue weighted by molar-refractivity contribution is 9.10. The zero-order chi connectivity index (χ0) is 25.8. The van der Waals surface area contributed by atoms with Crippen LogP contribution in [0.2, 0.25) is 0 Å². The van der Waals surface area contributed by atoms with Gasteiger partial charge in [0.15, 0.2) is 0 Å². The lowest BCUT2D eigenvalue weighted by Gasteiger charge is -2.31. The number of halogens is 3. The van der Waals surface area contributed by atoms with E-state index < -0.39 is 35.5 Å². The van der Waals surface area contributed by atoms with Crippen molar-refractivity contribution >= 4 is 22.0 Å². The molecule has 0 aliphatic heterocycles. The van der Waals surface area contributed by atoms with Crippen molar-refractivity contribution in [2.24, 2.45) is 0 Å². The zero-order valence-electron chi connectivity index (χ0n) is 20.8. The molecule has 2 aromatic carbocycles. The molecule has 0 fully saturated rings. The van der Waals surface area contributed by atoms with Gasteiger partial charge in [0.05, 0.1) is 12.1 Å². The monoisotopic (exact) mass is 552 g/mol. The van der Waals surface area contributed by atoms with Crippen molar-refractivity contribution < 1.29 is 23.4 Å². The maximum Gasteiger partial charge on any atom is 0.407 e. The van der Waals surface area contributed by atoms with Crippen molar-refractivity contribution in [2.75, 3.05) is 6.54 Å². The molecule has 192 valence electrons. The van der Waals surface area contributed by atoms with E-state index in [0.717, 1.165) is 36.2 Å². The molecule has 0 saturated heterocycles. The van der Waals surface area contributed by atoms with Gasteiger partial charge in [-0.2, -0.15) is 0 Å². The molecule has 2 aromatic rings. The maximum absolute atomic E-state index is 13.8. The molecule has 1 aliphatic rings. The average molecular weight is 553 g/mol. The van der Waals surface area contributed by atoms with Gasteiger partial charge >= 0.3 is 6.09 Å². The number of aliphatic hydroxyl groups is 1. The van der Waals surface area contributed by atoms with Crippen molar-refractivity contribution in [3.05, 3.63) is 68.7 Å². The van der Waals surface area contributed by atoms with Gasteiger partial charge in [0.1, 0.15) is 17.2 Å². The summed E-state index contributed by atoms with van der Waals surface area (Å²) in [6.07, 6.45) is 2.20. The summed E-state index contributed by atoms with van der Waals surface area (Å²) in [4.78, 5) is 12.5. The predicted octanol–water partition coefficient (Wildman–Crippen LogP) is 5.75. The van der Waals surface area contributed by atoms with Crippen molar-refractivity contribution in [1.82, 2.24) is 10.6 Å². The van der Waals surface area contributed by atoms with Crippen LogP contribution in [0.1, 0.15) is 68.8 Å². The second-order valence-corrected chi connectivity index (χ2v) is 11.0. The number of aryl methyl sites for hydroxylation is 1. The van der Waals surface area contributed by atoms with Gasteiger partial charge in [-0.3, -0.25) is 0 Å². The predicted molar refractivity (Wildman–Crippen MR) is 136 cm³/mol. The van der Waals surface area contributed by atoms with Crippen LogP contribution in [-0.4, -0.2) is 35.5 Å². The van der Waals surface area contributed by atoms with Crippen molar-refractivity contribution in [3.63, 3.8) is 0 Å². The molecule has 0 bridgehead atoms. The second-order valence-electron chi connectivity index (χ2n) is 10.2. The lowest BCUT2D eigenvalue weighted by atomic mass is 9.86. The average Bonchev–Trinajstić information content (AvgIpc) is 2.75. The van der Waals surface area contributed by atoms with Gasteiger partial charge in [0.2, 0.25) is 0 Å². The molecule has 1 amide bonds. The lowest BCUT2D eigenvalue weighted by molar-refractivity contribution is 0.0419. The van der Waals surface area contributed by atoms with Gasteiger partial charge in [-0.1, -0.05) is 28.9 Å². The summed E-state index contributed by atoms with van der Waals surface area (Å²) in [5.41, 5.74) is 3.35. The molecule has 0 radical (unpaired) electrons. The standard InChI is InChI=1S/C27H35BrF2N2O3/c1-5-16-11-21-20(22(28)12-16)7-6-8-23(21)31-15-25(33)24(32-26(34)35-27(2,3)4)13-17-9-18(29)14-19(30)10-17/h9-12,14,23-25,31,33H,5-8,13,15H2,1-4H3,(H,32,34). The number of alkyl carbamates (subject to hydrolysis) is 1. The molecule has 0 aromatic heterocycles. The smallest absolute Gasteiger partial charge is 0.407 e. The van der Waals surface area contributed by atoms with E-state index in [0.29, 0.717) is 5.56 Å². The van der Waals surface area contributed by atoms with Gasteiger partial charge in [-0.25, -0.2) is 13.6 Å². The zero-order valence-corrected chi connectivity index (χ0v) is 22.3. The first-order chi connectivity index (χ1) is 16.4. The van der Waals surface area contributed by atoms with E-state index in [1.54, 1.807) is 20.8 Å². The van der Waals surface area contributed by atoms with Crippen LogP contribution < -0.4 is 10.6 Å². The Morgan fingerprint density at radius 3 is 2.49 bits per heavy atom. The largest absolute Gasteiger partial charge is 0.444 e. The Balaban J connectivity index is 1.76. The number of fused-ring (bicyclic) bond motifs is 1. The van der Waals surface area contributed by atoms with E-state index in [1.807, 2.05) is 0 Å². The number of benzene rings is 2. The summed E-state index contributed by atoms with van der Waals surface area (Å²) in [6.45, 7) is 7.53. The lowest BCUT2D eigenvalue weighted by Crippen LogP contribution is -2.50. The topological polar surface area (TPSA) is 70.6 Å². The first-order valence-electron chi connectivity index (χ1n) is 12.1. The minimum absolute atomic E-state index is 0.0452. The van der Waals surface area contributed by atoms with Crippen LogP contribution in [0.4, 0.5) is 13.6 Å². The number of carbonyl (C=O) groups excluding carboxylic acids is 1. The molecular formula is C27H35BrF2N2O3. The van der Waals surface area contributed by atoms with Gasteiger partial charge in [-0.15, -0.1) is 0 Å². The molecule has 0 spiro atoms. The summed E-state index contributed by atoms with van der Waals surface area (Å²) in [5.74, 6) is -1.42. The Labute approximate surface area is 214 Å². The number of aliphatic hydroxyl groups excluding tert-OH is 1. The van der Waals surface area contributed by atoms with Crippen LogP contribution in [0.5, 0.6) is 0 Å². The Hall–Kier alpha value is -2.03. The van der Waals surface area contributed by atoms with Gasteiger partial charge in [0, 0.05) is 23.1 Å². The first kappa shape index (κ1) is 27.6. The SMILES string of the molecule is CCc1cc(Br)c2c(c1)C(NCC(O)C(Cc1cc(F)cc(F)c1)NC(=O)OC(C)(C)C)CCC2. The summed E-state index contributed by atoms with van der Waals surface area (Å²) < 4.78 is 34.0.